The van der Waals surface area contributed by atoms with E-state index in [1.165, 1.54) is 15.6 Å². The van der Waals surface area contributed by atoms with Gasteiger partial charge in [0.05, 0.1) is 0 Å². The van der Waals surface area contributed by atoms with Gasteiger partial charge in [0.1, 0.15) is 0 Å². The molecule has 1 N–H and O–H groups in total. The molecular formula is C15H22BrN. The quantitative estimate of drug-likeness (QED) is 0.877. The molecule has 1 nitrogen and oxygen atoms in total. The van der Waals surface area contributed by atoms with Gasteiger partial charge in [0, 0.05) is 17.1 Å². The molecule has 0 unspecified atom stereocenters. The van der Waals surface area contributed by atoms with E-state index in [4.69, 9.17) is 0 Å². The molecule has 1 aromatic rings. The predicted octanol–water partition coefficient (Wildman–Crippen LogP) is 4.28. The number of benzene rings is 1. The highest BCUT2D eigenvalue weighted by molar-refractivity contribution is 9.10. The van der Waals surface area contributed by atoms with Crippen LogP contribution in [0.4, 0.5) is 0 Å². The monoisotopic (exact) mass is 295 g/mol. The van der Waals surface area contributed by atoms with E-state index in [9.17, 15) is 0 Å². The van der Waals surface area contributed by atoms with Crippen molar-refractivity contribution in [3.8, 4) is 0 Å². The van der Waals surface area contributed by atoms with Crippen molar-refractivity contribution in [3.05, 3.63) is 33.8 Å². The molecule has 1 saturated carbocycles. The van der Waals surface area contributed by atoms with E-state index in [0.29, 0.717) is 16.9 Å². The van der Waals surface area contributed by atoms with Crippen molar-refractivity contribution in [2.45, 2.75) is 47.2 Å². The molecule has 0 saturated heterocycles. The van der Waals surface area contributed by atoms with Crippen LogP contribution in [0.3, 0.4) is 0 Å². The maximum Gasteiger partial charge on any atom is 0.0208 e. The Morgan fingerprint density at radius 3 is 2.24 bits per heavy atom. The van der Waals surface area contributed by atoms with Crippen molar-refractivity contribution in [2.24, 2.45) is 10.8 Å². The van der Waals surface area contributed by atoms with E-state index < -0.39 is 0 Å². The molecule has 0 spiro atoms. The highest BCUT2D eigenvalue weighted by Crippen LogP contribution is 2.62. The standard InChI is InChI=1S/C15H22BrN/c1-10-6-7-11(8-12(10)16)9-17-13-14(2,3)15(13,4)5/h6-8,13,17H,9H2,1-5H3. The summed E-state index contributed by atoms with van der Waals surface area (Å²) in [6.45, 7) is 12.4. The van der Waals surface area contributed by atoms with Gasteiger partial charge in [-0.2, -0.15) is 0 Å². The van der Waals surface area contributed by atoms with Crippen LogP contribution in [0.5, 0.6) is 0 Å². The number of halogens is 1. The van der Waals surface area contributed by atoms with Crippen molar-refractivity contribution < 1.29 is 0 Å². The van der Waals surface area contributed by atoms with Gasteiger partial charge in [0.25, 0.3) is 0 Å². The second kappa shape index (κ2) is 4.10. The molecule has 2 heteroatoms. The zero-order chi connectivity index (χ0) is 12.8. The SMILES string of the molecule is Cc1ccc(CNC2C(C)(C)C2(C)C)cc1Br. The second-order valence-corrected chi connectivity index (χ2v) is 7.20. The molecule has 1 fully saturated rings. The summed E-state index contributed by atoms with van der Waals surface area (Å²) in [7, 11) is 0. The van der Waals surface area contributed by atoms with E-state index in [0.717, 1.165) is 6.54 Å². The fraction of sp³-hybridized carbons (Fsp3) is 0.600. The highest BCUT2D eigenvalue weighted by atomic mass is 79.9. The van der Waals surface area contributed by atoms with Crippen molar-refractivity contribution in [1.29, 1.82) is 0 Å². The summed E-state index contributed by atoms with van der Waals surface area (Å²) in [6.07, 6.45) is 0. The predicted molar refractivity (Wildman–Crippen MR) is 77.1 cm³/mol. The molecule has 1 aliphatic carbocycles. The van der Waals surface area contributed by atoms with Gasteiger partial charge in [-0.25, -0.2) is 0 Å². The first-order chi connectivity index (χ1) is 7.76. The Bertz CT molecular complexity index is 421. The van der Waals surface area contributed by atoms with Gasteiger partial charge in [-0.05, 0) is 34.9 Å². The summed E-state index contributed by atoms with van der Waals surface area (Å²) < 4.78 is 1.20. The summed E-state index contributed by atoms with van der Waals surface area (Å²) in [6, 6.07) is 7.21. The van der Waals surface area contributed by atoms with E-state index in [-0.39, 0.29) is 0 Å². The molecule has 17 heavy (non-hydrogen) atoms. The number of rotatable bonds is 3. The molecule has 0 heterocycles. The number of aryl methyl sites for hydroxylation is 1. The van der Waals surface area contributed by atoms with Crippen LogP contribution < -0.4 is 5.32 Å². The lowest BCUT2D eigenvalue weighted by Gasteiger charge is -2.08. The zero-order valence-electron chi connectivity index (χ0n) is 11.4. The topological polar surface area (TPSA) is 12.0 Å². The first-order valence-electron chi connectivity index (χ1n) is 6.25. The van der Waals surface area contributed by atoms with Crippen molar-refractivity contribution in [2.75, 3.05) is 0 Å². The molecule has 94 valence electrons. The van der Waals surface area contributed by atoms with Gasteiger partial charge in [-0.3, -0.25) is 0 Å². The molecule has 0 aromatic heterocycles. The molecule has 2 rings (SSSR count). The minimum Gasteiger partial charge on any atom is -0.309 e. The summed E-state index contributed by atoms with van der Waals surface area (Å²) >= 11 is 3.59. The number of hydrogen-bond donors (Lipinski definition) is 1. The largest absolute Gasteiger partial charge is 0.309 e. The fourth-order valence-electron chi connectivity index (χ4n) is 2.67. The van der Waals surface area contributed by atoms with Crippen LogP contribution in [-0.2, 0) is 6.54 Å². The number of hydrogen-bond acceptors (Lipinski definition) is 1. The van der Waals surface area contributed by atoms with E-state index in [1.54, 1.807) is 0 Å². The van der Waals surface area contributed by atoms with E-state index in [1.807, 2.05) is 0 Å². The molecule has 0 radical (unpaired) electrons. The fourth-order valence-corrected chi connectivity index (χ4v) is 3.10. The zero-order valence-corrected chi connectivity index (χ0v) is 13.0. The highest BCUT2D eigenvalue weighted by Gasteiger charge is 2.64. The minimum atomic E-state index is 0.412. The average molecular weight is 296 g/mol. The Hall–Kier alpha value is -0.340. The third kappa shape index (κ3) is 2.17. The van der Waals surface area contributed by atoms with E-state index in [2.05, 4.69) is 74.1 Å². The molecular weight excluding hydrogens is 274 g/mol. The van der Waals surface area contributed by atoms with Crippen LogP contribution in [0, 0.1) is 17.8 Å². The van der Waals surface area contributed by atoms with Gasteiger partial charge in [-0.1, -0.05) is 55.8 Å². The van der Waals surface area contributed by atoms with Gasteiger partial charge in [0.2, 0.25) is 0 Å². The second-order valence-electron chi connectivity index (χ2n) is 6.34. The lowest BCUT2D eigenvalue weighted by Crippen LogP contribution is -2.21. The van der Waals surface area contributed by atoms with E-state index >= 15 is 0 Å². The average Bonchev–Trinajstić information content (AvgIpc) is 2.61. The van der Waals surface area contributed by atoms with Crippen LogP contribution in [0.1, 0.15) is 38.8 Å². The third-order valence-electron chi connectivity index (χ3n) is 4.77. The summed E-state index contributed by atoms with van der Waals surface area (Å²) in [5.74, 6) is 0. The molecule has 1 aromatic carbocycles. The van der Waals surface area contributed by atoms with Crippen LogP contribution in [0.2, 0.25) is 0 Å². The summed E-state index contributed by atoms with van der Waals surface area (Å²) in [5.41, 5.74) is 3.46. The Labute approximate surface area is 113 Å². The van der Waals surface area contributed by atoms with Gasteiger partial charge < -0.3 is 5.32 Å². The first kappa shape index (κ1) is 13.1. The minimum absolute atomic E-state index is 0.412. The van der Waals surface area contributed by atoms with Crippen LogP contribution in [-0.4, -0.2) is 6.04 Å². The Morgan fingerprint density at radius 1 is 1.18 bits per heavy atom. The van der Waals surface area contributed by atoms with Crippen molar-refractivity contribution in [3.63, 3.8) is 0 Å². The van der Waals surface area contributed by atoms with Crippen LogP contribution in [0.15, 0.2) is 22.7 Å². The van der Waals surface area contributed by atoms with Gasteiger partial charge in [-0.15, -0.1) is 0 Å². The third-order valence-corrected chi connectivity index (χ3v) is 5.62. The van der Waals surface area contributed by atoms with Gasteiger partial charge in [0.15, 0.2) is 0 Å². The lowest BCUT2D eigenvalue weighted by molar-refractivity contribution is 0.457. The van der Waals surface area contributed by atoms with Gasteiger partial charge >= 0.3 is 0 Å². The Balaban J connectivity index is 1.98. The number of nitrogens with one attached hydrogen (secondary N) is 1. The smallest absolute Gasteiger partial charge is 0.0208 e. The Kier molecular flexibility index (Phi) is 3.16. The summed E-state index contributed by atoms with van der Waals surface area (Å²) in [5, 5.41) is 3.68. The molecule has 0 aliphatic heterocycles. The first-order valence-corrected chi connectivity index (χ1v) is 7.04. The Morgan fingerprint density at radius 2 is 1.76 bits per heavy atom. The molecule has 0 amide bonds. The maximum atomic E-state index is 3.68. The molecule has 0 bridgehead atoms. The van der Waals surface area contributed by atoms with Crippen molar-refractivity contribution in [1.82, 2.24) is 5.32 Å². The maximum absolute atomic E-state index is 3.68. The van der Waals surface area contributed by atoms with Crippen LogP contribution >= 0.6 is 15.9 Å². The molecule has 0 atom stereocenters. The van der Waals surface area contributed by atoms with Crippen LogP contribution in [0.25, 0.3) is 0 Å². The lowest BCUT2D eigenvalue weighted by atomic mass is 10.0. The normalized spacial score (nSPS) is 21.5. The molecule has 1 aliphatic rings. The summed E-state index contributed by atoms with van der Waals surface area (Å²) in [4.78, 5) is 0. The van der Waals surface area contributed by atoms with Crippen molar-refractivity contribution >= 4 is 15.9 Å².